The largest absolute Gasteiger partial charge is 0.497 e. The molecule has 4 aromatic rings. The highest BCUT2D eigenvalue weighted by molar-refractivity contribution is 6.01. The zero-order valence-corrected chi connectivity index (χ0v) is 21.2. The van der Waals surface area contributed by atoms with Gasteiger partial charge >= 0.3 is 6.03 Å². The van der Waals surface area contributed by atoms with Crippen LogP contribution in [0.25, 0.3) is 17.0 Å². The summed E-state index contributed by atoms with van der Waals surface area (Å²) in [4.78, 5) is 19.9. The summed E-state index contributed by atoms with van der Waals surface area (Å²) >= 11 is 0. The fourth-order valence-electron chi connectivity index (χ4n) is 4.51. The molecule has 2 heterocycles. The maximum Gasteiger partial charge on any atom is 0.326 e. The monoisotopic (exact) mass is 496 g/mol. The molecule has 188 valence electrons. The fourth-order valence-corrected chi connectivity index (χ4v) is 4.51. The Morgan fingerprint density at radius 2 is 1.73 bits per heavy atom. The Morgan fingerprint density at radius 1 is 0.973 bits per heavy atom. The molecular weight excluding hydrogens is 468 g/mol. The summed E-state index contributed by atoms with van der Waals surface area (Å²) in [5.74, 6) is 2.20. The zero-order valence-electron chi connectivity index (χ0n) is 21.2. The van der Waals surface area contributed by atoms with Crippen molar-refractivity contribution in [3.8, 4) is 22.9 Å². The standard InChI is InChI=1S/C29H28N4O4/c1-5-19-8-6-10-22(16-19)33-18(2)25(26(30-29(33)34)21-9-7-11-24(17-21)36-4)28-31-27(32-37-28)20-12-14-23(35-3)15-13-20/h6-17,26H,5H2,1-4H3,(H,30,34). The average Bonchev–Trinajstić information content (AvgIpc) is 3.42. The molecule has 8 heteroatoms. The van der Waals surface area contributed by atoms with Crippen molar-refractivity contribution in [1.29, 1.82) is 0 Å². The molecule has 0 saturated carbocycles. The van der Waals surface area contributed by atoms with E-state index in [1.165, 1.54) is 0 Å². The van der Waals surface area contributed by atoms with Crippen molar-refractivity contribution in [2.45, 2.75) is 26.3 Å². The van der Waals surface area contributed by atoms with Gasteiger partial charge in [0.15, 0.2) is 0 Å². The fraction of sp³-hybridized carbons (Fsp3) is 0.207. The van der Waals surface area contributed by atoms with Gasteiger partial charge in [0.2, 0.25) is 5.82 Å². The number of aromatic nitrogens is 2. The van der Waals surface area contributed by atoms with E-state index in [0.717, 1.165) is 34.5 Å². The molecule has 1 aliphatic rings. The summed E-state index contributed by atoms with van der Waals surface area (Å²) in [5.41, 5.74) is 4.95. The summed E-state index contributed by atoms with van der Waals surface area (Å²) in [7, 11) is 3.23. The number of anilines is 1. The number of methoxy groups -OCH3 is 2. The number of carbonyl (C=O) groups is 1. The maximum atomic E-state index is 13.5. The SMILES string of the molecule is CCc1cccc(N2C(=O)NC(c3cccc(OC)c3)C(c3nc(-c4ccc(OC)cc4)no3)=C2C)c1. The Bertz CT molecular complexity index is 1460. The number of aryl methyl sites for hydroxylation is 1. The number of hydrogen-bond acceptors (Lipinski definition) is 6. The van der Waals surface area contributed by atoms with E-state index >= 15 is 0 Å². The molecular formula is C29H28N4O4. The van der Waals surface area contributed by atoms with Crippen molar-refractivity contribution in [3.05, 3.63) is 95.5 Å². The van der Waals surface area contributed by atoms with Crippen molar-refractivity contribution in [1.82, 2.24) is 15.5 Å². The lowest BCUT2D eigenvalue weighted by Crippen LogP contribution is -2.46. The van der Waals surface area contributed by atoms with Crippen LogP contribution in [0.3, 0.4) is 0 Å². The molecule has 1 N–H and O–H groups in total. The third kappa shape index (κ3) is 4.65. The number of urea groups is 1. The molecule has 0 saturated heterocycles. The minimum Gasteiger partial charge on any atom is -0.497 e. The van der Waals surface area contributed by atoms with Crippen LogP contribution in [0.5, 0.6) is 11.5 Å². The van der Waals surface area contributed by atoms with Crippen LogP contribution >= 0.6 is 0 Å². The van der Waals surface area contributed by atoms with Gasteiger partial charge in [0.1, 0.15) is 11.5 Å². The molecule has 8 nitrogen and oxygen atoms in total. The number of ether oxygens (including phenoxy) is 2. The number of amides is 2. The second-order valence-corrected chi connectivity index (χ2v) is 8.67. The van der Waals surface area contributed by atoms with Crippen LogP contribution in [0.4, 0.5) is 10.5 Å². The molecule has 0 spiro atoms. The van der Waals surface area contributed by atoms with Crippen molar-refractivity contribution in [2.75, 3.05) is 19.1 Å². The van der Waals surface area contributed by atoms with Crippen LogP contribution in [0, 0.1) is 0 Å². The minimum atomic E-state index is -0.516. The summed E-state index contributed by atoms with van der Waals surface area (Å²) in [5, 5.41) is 7.38. The molecule has 1 atom stereocenters. The Balaban J connectivity index is 1.64. The van der Waals surface area contributed by atoms with Gasteiger partial charge in [-0.25, -0.2) is 4.79 Å². The van der Waals surface area contributed by atoms with Crippen LogP contribution in [0.15, 0.2) is 83.0 Å². The first kappa shape index (κ1) is 24.1. The number of rotatable bonds is 7. The van der Waals surface area contributed by atoms with Crippen LogP contribution in [-0.4, -0.2) is 30.4 Å². The predicted molar refractivity (Wildman–Crippen MR) is 141 cm³/mol. The number of hydrogen-bond donors (Lipinski definition) is 1. The first-order valence-corrected chi connectivity index (χ1v) is 12.0. The average molecular weight is 497 g/mol. The minimum absolute atomic E-state index is 0.239. The lowest BCUT2D eigenvalue weighted by atomic mass is 9.94. The van der Waals surface area contributed by atoms with Crippen molar-refractivity contribution < 1.29 is 18.8 Å². The molecule has 1 unspecified atom stereocenters. The molecule has 2 amide bonds. The Kier molecular flexibility index (Phi) is 6.64. The van der Waals surface area contributed by atoms with Crippen molar-refractivity contribution in [3.63, 3.8) is 0 Å². The topological polar surface area (TPSA) is 89.7 Å². The molecule has 1 aliphatic heterocycles. The van der Waals surface area contributed by atoms with E-state index < -0.39 is 6.04 Å². The van der Waals surface area contributed by atoms with Crippen LogP contribution in [0.1, 0.15) is 36.9 Å². The van der Waals surface area contributed by atoms with Crippen LogP contribution < -0.4 is 19.7 Å². The van der Waals surface area contributed by atoms with Gasteiger partial charge in [0.25, 0.3) is 5.89 Å². The Morgan fingerprint density at radius 3 is 2.46 bits per heavy atom. The maximum absolute atomic E-state index is 13.5. The summed E-state index contributed by atoms with van der Waals surface area (Å²) in [6, 6.07) is 22.2. The van der Waals surface area contributed by atoms with E-state index in [9.17, 15) is 4.79 Å². The lowest BCUT2D eigenvalue weighted by molar-refractivity contribution is 0.244. The van der Waals surface area contributed by atoms with Gasteiger partial charge in [-0.2, -0.15) is 4.98 Å². The molecule has 37 heavy (non-hydrogen) atoms. The third-order valence-electron chi connectivity index (χ3n) is 6.49. The molecule has 0 radical (unpaired) electrons. The van der Waals surface area contributed by atoms with E-state index in [4.69, 9.17) is 19.0 Å². The Hall–Kier alpha value is -4.59. The van der Waals surface area contributed by atoms with E-state index in [-0.39, 0.29) is 6.03 Å². The molecule has 1 aromatic heterocycles. The molecule has 0 aliphatic carbocycles. The van der Waals surface area contributed by atoms with E-state index in [1.807, 2.05) is 79.7 Å². The highest BCUT2D eigenvalue weighted by Gasteiger charge is 2.36. The zero-order chi connectivity index (χ0) is 25.9. The Labute approximate surface area is 215 Å². The first-order chi connectivity index (χ1) is 18.0. The van der Waals surface area contributed by atoms with E-state index in [1.54, 1.807) is 19.1 Å². The first-order valence-electron chi connectivity index (χ1n) is 12.0. The molecule has 5 rings (SSSR count). The van der Waals surface area contributed by atoms with Gasteiger partial charge in [0, 0.05) is 11.3 Å². The number of carbonyl (C=O) groups excluding carboxylic acids is 1. The van der Waals surface area contributed by atoms with E-state index in [0.29, 0.717) is 28.7 Å². The third-order valence-corrected chi connectivity index (χ3v) is 6.49. The lowest BCUT2D eigenvalue weighted by Gasteiger charge is -2.35. The van der Waals surface area contributed by atoms with Gasteiger partial charge in [-0.3, -0.25) is 4.90 Å². The van der Waals surface area contributed by atoms with Gasteiger partial charge in [-0.15, -0.1) is 0 Å². The smallest absolute Gasteiger partial charge is 0.326 e. The molecule has 0 bridgehead atoms. The second kappa shape index (κ2) is 10.2. The van der Waals surface area contributed by atoms with Gasteiger partial charge in [-0.1, -0.05) is 36.3 Å². The normalized spacial score (nSPS) is 15.5. The summed E-state index contributed by atoms with van der Waals surface area (Å²) in [6.07, 6.45) is 0.861. The van der Waals surface area contributed by atoms with E-state index in [2.05, 4.69) is 17.4 Å². The highest BCUT2D eigenvalue weighted by atomic mass is 16.5. The van der Waals surface area contributed by atoms with Crippen molar-refractivity contribution >= 4 is 17.3 Å². The van der Waals surface area contributed by atoms with Crippen molar-refractivity contribution in [2.24, 2.45) is 0 Å². The number of nitrogens with one attached hydrogen (secondary N) is 1. The molecule has 0 fully saturated rings. The van der Waals surface area contributed by atoms with Gasteiger partial charge in [0.05, 0.1) is 31.5 Å². The van der Waals surface area contributed by atoms with Crippen LogP contribution in [-0.2, 0) is 6.42 Å². The number of allylic oxidation sites excluding steroid dienone is 1. The number of benzene rings is 3. The molecule has 3 aromatic carbocycles. The summed E-state index contributed by atoms with van der Waals surface area (Å²) < 4.78 is 16.5. The van der Waals surface area contributed by atoms with Crippen LogP contribution in [0.2, 0.25) is 0 Å². The predicted octanol–water partition coefficient (Wildman–Crippen LogP) is 6.02. The summed E-state index contributed by atoms with van der Waals surface area (Å²) in [6.45, 7) is 3.98. The quantitative estimate of drug-likeness (QED) is 0.337. The van der Waals surface area contributed by atoms with Gasteiger partial charge < -0.3 is 19.3 Å². The second-order valence-electron chi connectivity index (χ2n) is 8.67. The number of nitrogens with zero attached hydrogens (tertiary/aromatic N) is 3. The van der Waals surface area contributed by atoms with Gasteiger partial charge in [-0.05, 0) is 73.0 Å². The highest BCUT2D eigenvalue weighted by Crippen LogP contribution is 2.40.